The predicted molar refractivity (Wildman–Crippen MR) is 144 cm³/mol. The minimum absolute atomic E-state index is 0.243. The van der Waals surface area contributed by atoms with E-state index in [1.807, 2.05) is 84.9 Å². The van der Waals surface area contributed by atoms with Crippen LogP contribution >= 0.6 is 0 Å². The van der Waals surface area contributed by atoms with E-state index in [0.717, 1.165) is 38.2 Å². The van der Waals surface area contributed by atoms with Crippen LogP contribution in [0.4, 0.5) is 0 Å². The molecule has 0 fully saturated rings. The number of esters is 1. The Balaban J connectivity index is 1.55. The number of amides is 1. The summed E-state index contributed by atoms with van der Waals surface area (Å²) in [5.74, 6) is -1.27. The molecule has 0 heterocycles. The Morgan fingerprint density at radius 3 is 1.67 bits per heavy atom. The molecule has 4 heteroatoms. The molecule has 0 bridgehead atoms. The monoisotopic (exact) mass is 473 g/mol. The minimum atomic E-state index is -0.841. The fourth-order valence-corrected chi connectivity index (χ4v) is 4.91. The molecule has 0 aliphatic heterocycles. The highest BCUT2D eigenvalue weighted by atomic mass is 16.5. The first-order valence-electron chi connectivity index (χ1n) is 12.0. The normalized spacial score (nSPS) is 11.9. The van der Waals surface area contributed by atoms with Crippen molar-refractivity contribution >= 4 is 33.4 Å². The lowest BCUT2D eigenvalue weighted by molar-refractivity contribution is -0.145. The molecule has 0 saturated carbocycles. The highest BCUT2D eigenvalue weighted by Crippen LogP contribution is 2.30. The van der Waals surface area contributed by atoms with Crippen molar-refractivity contribution < 1.29 is 14.3 Å². The second kappa shape index (κ2) is 10.4. The van der Waals surface area contributed by atoms with Crippen molar-refractivity contribution in [1.29, 1.82) is 0 Å². The van der Waals surface area contributed by atoms with Crippen LogP contribution in [-0.4, -0.2) is 25.0 Å². The third-order valence-corrected chi connectivity index (χ3v) is 6.62. The fraction of sp³-hybridized carbons (Fsp3) is 0.125. The largest absolute Gasteiger partial charge is 0.467 e. The van der Waals surface area contributed by atoms with Crippen molar-refractivity contribution in [2.75, 3.05) is 7.11 Å². The van der Waals surface area contributed by atoms with E-state index in [0.29, 0.717) is 6.42 Å². The summed E-state index contributed by atoms with van der Waals surface area (Å²) in [6, 6.07) is 36.8. The molecular weight excluding hydrogens is 446 g/mol. The zero-order valence-electron chi connectivity index (χ0n) is 20.1. The maximum Gasteiger partial charge on any atom is 0.328 e. The smallest absolute Gasteiger partial charge is 0.328 e. The standard InChI is InChI=1S/C32H27NO3/c1-36-32(35)29(21-28-26-18-10-8-16-24(26)20-25-17-9-11-19-27(25)28)33-31(34)30(22-12-4-2-5-13-22)23-14-6-3-7-15-23/h2-20,29-30H,21H2,1H3,(H,33,34)/t29-/m1/s1. The van der Waals surface area contributed by atoms with Gasteiger partial charge in [-0.1, -0.05) is 109 Å². The maximum atomic E-state index is 13.8. The van der Waals surface area contributed by atoms with E-state index in [1.165, 1.54) is 7.11 Å². The van der Waals surface area contributed by atoms with Gasteiger partial charge in [0.1, 0.15) is 6.04 Å². The number of carbonyl (C=O) groups is 2. The van der Waals surface area contributed by atoms with E-state index in [4.69, 9.17) is 4.74 Å². The summed E-state index contributed by atoms with van der Waals surface area (Å²) in [5.41, 5.74) is 2.73. The molecule has 36 heavy (non-hydrogen) atoms. The van der Waals surface area contributed by atoms with Gasteiger partial charge in [0.2, 0.25) is 5.91 Å². The molecule has 0 aliphatic carbocycles. The molecule has 0 spiro atoms. The average molecular weight is 474 g/mol. The Morgan fingerprint density at radius 1 is 0.694 bits per heavy atom. The van der Waals surface area contributed by atoms with Gasteiger partial charge in [-0.15, -0.1) is 0 Å². The van der Waals surface area contributed by atoms with Crippen molar-refractivity contribution in [3.63, 3.8) is 0 Å². The molecule has 0 aliphatic rings. The molecule has 0 saturated heterocycles. The predicted octanol–water partition coefficient (Wildman–Crippen LogP) is 6.03. The van der Waals surface area contributed by atoms with Crippen LogP contribution in [0.15, 0.2) is 115 Å². The topological polar surface area (TPSA) is 55.4 Å². The lowest BCUT2D eigenvalue weighted by atomic mass is 9.89. The van der Waals surface area contributed by atoms with Gasteiger partial charge in [-0.2, -0.15) is 0 Å². The van der Waals surface area contributed by atoms with E-state index < -0.39 is 17.9 Å². The van der Waals surface area contributed by atoms with E-state index in [2.05, 4.69) is 35.6 Å². The number of benzene rings is 5. The summed E-state index contributed by atoms with van der Waals surface area (Å²) in [5, 5.41) is 7.32. The van der Waals surface area contributed by atoms with E-state index >= 15 is 0 Å². The van der Waals surface area contributed by atoms with Gasteiger partial charge in [0.25, 0.3) is 0 Å². The van der Waals surface area contributed by atoms with Gasteiger partial charge in [0.05, 0.1) is 13.0 Å². The van der Waals surface area contributed by atoms with Crippen LogP contribution in [0.25, 0.3) is 21.5 Å². The molecule has 5 aromatic rings. The third-order valence-electron chi connectivity index (χ3n) is 6.62. The van der Waals surface area contributed by atoms with Crippen molar-refractivity contribution in [2.24, 2.45) is 0 Å². The van der Waals surface area contributed by atoms with Crippen molar-refractivity contribution in [1.82, 2.24) is 5.32 Å². The van der Waals surface area contributed by atoms with Gasteiger partial charge in [-0.05, 0) is 44.3 Å². The molecule has 1 amide bonds. The molecule has 178 valence electrons. The Labute approximate surface area is 210 Å². The van der Waals surface area contributed by atoms with E-state index in [9.17, 15) is 9.59 Å². The minimum Gasteiger partial charge on any atom is -0.467 e. The van der Waals surface area contributed by atoms with Crippen LogP contribution in [-0.2, 0) is 20.7 Å². The average Bonchev–Trinajstić information content (AvgIpc) is 2.93. The van der Waals surface area contributed by atoms with E-state index in [1.54, 1.807) is 0 Å². The number of hydrogen-bond donors (Lipinski definition) is 1. The van der Waals surface area contributed by atoms with Crippen LogP contribution in [0.5, 0.6) is 0 Å². The van der Waals surface area contributed by atoms with Crippen LogP contribution < -0.4 is 5.32 Å². The number of methoxy groups -OCH3 is 1. The zero-order chi connectivity index (χ0) is 24.9. The van der Waals surface area contributed by atoms with Gasteiger partial charge in [0.15, 0.2) is 0 Å². The number of carbonyl (C=O) groups excluding carboxylic acids is 2. The van der Waals surface area contributed by atoms with Gasteiger partial charge >= 0.3 is 5.97 Å². The lowest BCUT2D eigenvalue weighted by Gasteiger charge is -2.23. The Hall–Kier alpha value is -4.44. The third kappa shape index (κ3) is 4.71. The first-order chi connectivity index (χ1) is 17.7. The number of rotatable bonds is 7. The maximum absolute atomic E-state index is 13.8. The molecule has 1 atom stereocenters. The molecule has 0 aromatic heterocycles. The number of hydrogen-bond acceptors (Lipinski definition) is 3. The van der Waals surface area contributed by atoms with Gasteiger partial charge < -0.3 is 10.1 Å². The van der Waals surface area contributed by atoms with E-state index in [-0.39, 0.29) is 5.91 Å². The molecule has 0 unspecified atom stereocenters. The van der Waals surface area contributed by atoms with Crippen molar-refractivity contribution in [3.8, 4) is 0 Å². The molecule has 5 rings (SSSR count). The van der Waals surface area contributed by atoms with Gasteiger partial charge in [-0.3, -0.25) is 4.79 Å². The van der Waals surface area contributed by atoms with Crippen LogP contribution in [0.3, 0.4) is 0 Å². The molecule has 4 nitrogen and oxygen atoms in total. The van der Waals surface area contributed by atoms with Crippen molar-refractivity contribution in [3.05, 3.63) is 132 Å². The Bertz CT molecular complexity index is 1420. The molecule has 0 radical (unpaired) electrons. The summed E-state index contributed by atoms with van der Waals surface area (Å²) < 4.78 is 5.15. The molecular formula is C32H27NO3. The molecule has 1 N–H and O–H groups in total. The Morgan fingerprint density at radius 2 is 1.17 bits per heavy atom. The van der Waals surface area contributed by atoms with Crippen molar-refractivity contribution in [2.45, 2.75) is 18.4 Å². The van der Waals surface area contributed by atoms with Crippen LogP contribution in [0.2, 0.25) is 0 Å². The summed E-state index contributed by atoms with van der Waals surface area (Å²) in [4.78, 5) is 26.8. The quantitative estimate of drug-likeness (QED) is 0.232. The lowest BCUT2D eigenvalue weighted by Crippen LogP contribution is -2.45. The zero-order valence-corrected chi connectivity index (χ0v) is 20.1. The van der Waals surface area contributed by atoms with Crippen LogP contribution in [0, 0.1) is 0 Å². The Kier molecular flexibility index (Phi) is 6.76. The summed E-state index contributed by atoms with van der Waals surface area (Å²) >= 11 is 0. The number of ether oxygens (including phenoxy) is 1. The number of fused-ring (bicyclic) bond motifs is 2. The molecule has 5 aromatic carbocycles. The van der Waals surface area contributed by atoms with Gasteiger partial charge in [-0.25, -0.2) is 4.79 Å². The first kappa shape index (κ1) is 23.3. The highest BCUT2D eigenvalue weighted by Gasteiger charge is 2.29. The second-order valence-electron chi connectivity index (χ2n) is 8.84. The fourth-order valence-electron chi connectivity index (χ4n) is 4.91. The number of nitrogens with one attached hydrogen (secondary N) is 1. The highest BCUT2D eigenvalue weighted by molar-refractivity contribution is 6.03. The second-order valence-corrected chi connectivity index (χ2v) is 8.84. The summed E-state index contributed by atoms with van der Waals surface area (Å²) in [6.45, 7) is 0. The summed E-state index contributed by atoms with van der Waals surface area (Å²) in [7, 11) is 1.36. The first-order valence-corrected chi connectivity index (χ1v) is 12.0. The summed E-state index contributed by atoms with van der Waals surface area (Å²) in [6.07, 6.45) is 0.316. The SMILES string of the molecule is COC(=O)[C@@H](Cc1c2ccccc2cc2ccccc12)NC(=O)C(c1ccccc1)c1ccccc1. The van der Waals surface area contributed by atoms with Gasteiger partial charge in [0, 0.05) is 6.42 Å². The van der Waals surface area contributed by atoms with Crippen LogP contribution in [0.1, 0.15) is 22.6 Å².